The lowest BCUT2D eigenvalue weighted by Crippen LogP contribution is -2.32. The topological polar surface area (TPSA) is 72.7 Å². The van der Waals surface area contributed by atoms with E-state index in [1.54, 1.807) is 35.5 Å². The van der Waals surface area contributed by atoms with Crippen molar-refractivity contribution in [2.75, 3.05) is 0 Å². The second-order valence-corrected chi connectivity index (χ2v) is 4.28. The molecule has 6 nitrogen and oxygen atoms in total. The minimum absolute atomic E-state index is 0.0615. The van der Waals surface area contributed by atoms with Crippen molar-refractivity contribution in [3.8, 4) is 0 Å². The fraction of sp³-hybridized carbons (Fsp3) is 0.385. The zero-order chi connectivity index (χ0) is 13.7. The van der Waals surface area contributed by atoms with Crippen molar-refractivity contribution in [3.05, 3.63) is 42.2 Å². The summed E-state index contributed by atoms with van der Waals surface area (Å²) in [5.74, 6) is -0.0615. The zero-order valence-electron chi connectivity index (χ0n) is 11.1. The van der Waals surface area contributed by atoms with Gasteiger partial charge in [-0.05, 0) is 19.4 Å². The molecule has 0 bridgehead atoms. The monoisotopic (exact) mass is 259 g/mol. The average Bonchev–Trinajstić information content (AvgIpc) is 2.93. The highest BCUT2D eigenvalue weighted by Gasteiger charge is 2.18. The molecule has 0 aliphatic heterocycles. The van der Waals surface area contributed by atoms with Gasteiger partial charge in [-0.15, -0.1) is 0 Å². The van der Waals surface area contributed by atoms with Crippen molar-refractivity contribution in [2.45, 2.75) is 32.9 Å². The van der Waals surface area contributed by atoms with Crippen molar-refractivity contribution >= 4 is 5.91 Å². The molecule has 2 heterocycles. The molecule has 0 saturated heterocycles. The summed E-state index contributed by atoms with van der Waals surface area (Å²) in [6.45, 7) is 4.21. The molecule has 0 aliphatic carbocycles. The number of nitrogens with one attached hydrogen (secondary N) is 1. The first-order valence-electron chi connectivity index (χ1n) is 6.25. The number of amides is 1. The average molecular weight is 259 g/mol. The van der Waals surface area contributed by atoms with Crippen LogP contribution in [0.3, 0.4) is 0 Å². The van der Waals surface area contributed by atoms with Crippen LogP contribution in [0.5, 0.6) is 0 Å². The van der Waals surface area contributed by atoms with Crippen LogP contribution < -0.4 is 5.32 Å². The molecule has 1 amide bonds. The molecular weight excluding hydrogens is 242 g/mol. The maximum atomic E-state index is 12.1. The number of nitrogens with zero attached hydrogens (tertiary/aromatic N) is 4. The van der Waals surface area contributed by atoms with E-state index in [-0.39, 0.29) is 11.9 Å². The van der Waals surface area contributed by atoms with Crippen molar-refractivity contribution in [3.63, 3.8) is 0 Å². The fourth-order valence-corrected chi connectivity index (χ4v) is 1.76. The summed E-state index contributed by atoms with van der Waals surface area (Å²) in [6, 6.07) is 1.52. The summed E-state index contributed by atoms with van der Waals surface area (Å²) in [7, 11) is 0. The van der Waals surface area contributed by atoms with Crippen LogP contribution >= 0.6 is 0 Å². The fourth-order valence-electron chi connectivity index (χ4n) is 1.76. The number of carbonyl (C=O) groups excluding carboxylic acids is 1. The third-order valence-corrected chi connectivity index (χ3v) is 2.81. The first-order chi connectivity index (χ1) is 9.20. The minimum Gasteiger partial charge on any atom is -0.349 e. The highest BCUT2D eigenvalue weighted by Crippen LogP contribution is 2.09. The lowest BCUT2D eigenvalue weighted by Gasteiger charge is -2.15. The van der Waals surface area contributed by atoms with Gasteiger partial charge in [0.2, 0.25) is 5.91 Å². The van der Waals surface area contributed by atoms with Crippen LogP contribution in [0.4, 0.5) is 0 Å². The number of hydrogen-bond donors (Lipinski definition) is 1. The molecule has 0 radical (unpaired) electrons. The van der Waals surface area contributed by atoms with E-state index in [4.69, 9.17) is 0 Å². The molecular formula is C13H17N5O. The molecule has 6 heteroatoms. The summed E-state index contributed by atoms with van der Waals surface area (Å²) < 4.78 is 1.66. The first-order valence-corrected chi connectivity index (χ1v) is 6.25. The molecule has 0 aromatic carbocycles. The van der Waals surface area contributed by atoms with E-state index in [0.717, 1.165) is 11.4 Å². The van der Waals surface area contributed by atoms with E-state index < -0.39 is 0 Å². The van der Waals surface area contributed by atoms with Crippen LogP contribution in [0, 0.1) is 6.92 Å². The minimum atomic E-state index is -0.284. The Morgan fingerprint density at radius 3 is 2.84 bits per heavy atom. The van der Waals surface area contributed by atoms with Crippen LogP contribution in [0.15, 0.2) is 30.9 Å². The van der Waals surface area contributed by atoms with Gasteiger partial charge >= 0.3 is 0 Å². The van der Waals surface area contributed by atoms with Crippen molar-refractivity contribution < 1.29 is 4.79 Å². The Morgan fingerprint density at radius 1 is 1.42 bits per heavy atom. The summed E-state index contributed by atoms with van der Waals surface area (Å²) in [4.78, 5) is 20.4. The lowest BCUT2D eigenvalue weighted by atomic mass is 10.2. The Bertz CT molecular complexity index is 520. The molecule has 0 saturated carbocycles. The van der Waals surface area contributed by atoms with Crippen molar-refractivity contribution in [2.24, 2.45) is 0 Å². The summed E-state index contributed by atoms with van der Waals surface area (Å²) in [6.07, 6.45) is 7.50. The highest BCUT2D eigenvalue weighted by atomic mass is 16.2. The number of aryl methyl sites for hydroxylation is 1. The SMILES string of the molecule is CC[C@H](C(=O)NCc1cnc(C)cn1)n1cccn1. The molecule has 2 rings (SSSR count). The second-order valence-electron chi connectivity index (χ2n) is 4.28. The Balaban J connectivity index is 1.95. The standard InChI is InChI=1S/C13H17N5O/c1-3-12(18-6-4-5-17-18)13(19)16-9-11-8-14-10(2)7-15-11/h4-8,12H,3,9H2,1-2H3,(H,16,19)/t12-/m1/s1. The molecule has 1 N–H and O–H groups in total. The van der Waals surface area contributed by atoms with Crippen LogP contribution in [0.1, 0.15) is 30.8 Å². The predicted molar refractivity (Wildman–Crippen MR) is 70.2 cm³/mol. The normalized spacial score (nSPS) is 12.1. The molecule has 2 aromatic rings. The van der Waals surface area contributed by atoms with E-state index >= 15 is 0 Å². The molecule has 0 spiro atoms. The van der Waals surface area contributed by atoms with E-state index in [0.29, 0.717) is 13.0 Å². The molecule has 0 fully saturated rings. The van der Waals surface area contributed by atoms with Crippen LogP contribution in [0.2, 0.25) is 0 Å². The van der Waals surface area contributed by atoms with Crippen LogP contribution in [-0.4, -0.2) is 25.7 Å². The van der Waals surface area contributed by atoms with E-state index in [2.05, 4.69) is 20.4 Å². The van der Waals surface area contributed by atoms with Gasteiger partial charge in [-0.3, -0.25) is 19.4 Å². The van der Waals surface area contributed by atoms with Gasteiger partial charge in [0.1, 0.15) is 6.04 Å². The maximum Gasteiger partial charge on any atom is 0.245 e. The number of carbonyl (C=O) groups is 1. The molecule has 1 atom stereocenters. The van der Waals surface area contributed by atoms with Crippen molar-refractivity contribution in [1.29, 1.82) is 0 Å². The third kappa shape index (κ3) is 3.37. The second kappa shape index (κ2) is 6.08. The Labute approximate surface area is 111 Å². The molecule has 0 unspecified atom stereocenters. The Kier molecular flexibility index (Phi) is 4.22. The summed E-state index contributed by atoms with van der Waals surface area (Å²) in [5, 5.41) is 6.96. The van der Waals surface area contributed by atoms with Gasteiger partial charge in [-0.2, -0.15) is 5.10 Å². The predicted octanol–water partition coefficient (Wildman–Crippen LogP) is 1.25. The first kappa shape index (κ1) is 13.2. The van der Waals surface area contributed by atoms with Crippen molar-refractivity contribution in [1.82, 2.24) is 25.1 Å². The molecule has 19 heavy (non-hydrogen) atoms. The Morgan fingerprint density at radius 2 is 2.26 bits per heavy atom. The maximum absolute atomic E-state index is 12.1. The van der Waals surface area contributed by atoms with Gasteiger partial charge in [-0.25, -0.2) is 0 Å². The van der Waals surface area contributed by atoms with Crippen LogP contribution in [-0.2, 0) is 11.3 Å². The van der Waals surface area contributed by atoms with Gasteiger partial charge < -0.3 is 5.32 Å². The van der Waals surface area contributed by atoms with Gasteiger partial charge in [0.15, 0.2) is 0 Å². The number of hydrogen-bond acceptors (Lipinski definition) is 4. The van der Waals surface area contributed by atoms with Gasteiger partial charge in [0.25, 0.3) is 0 Å². The number of aromatic nitrogens is 4. The molecule has 100 valence electrons. The summed E-state index contributed by atoms with van der Waals surface area (Å²) >= 11 is 0. The van der Waals surface area contributed by atoms with Gasteiger partial charge in [0, 0.05) is 18.6 Å². The molecule has 2 aromatic heterocycles. The lowest BCUT2D eigenvalue weighted by molar-refractivity contribution is -0.124. The Hall–Kier alpha value is -2.24. The summed E-state index contributed by atoms with van der Waals surface area (Å²) in [5.41, 5.74) is 1.60. The molecule has 0 aliphatic rings. The van der Waals surface area contributed by atoms with E-state index in [1.165, 1.54) is 0 Å². The van der Waals surface area contributed by atoms with E-state index in [1.807, 2.05) is 13.8 Å². The smallest absolute Gasteiger partial charge is 0.245 e. The highest BCUT2D eigenvalue weighted by molar-refractivity contribution is 5.80. The van der Waals surface area contributed by atoms with Gasteiger partial charge in [0.05, 0.1) is 24.1 Å². The zero-order valence-corrected chi connectivity index (χ0v) is 11.1. The number of rotatable bonds is 5. The van der Waals surface area contributed by atoms with Gasteiger partial charge in [-0.1, -0.05) is 6.92 Å². The van der Waals surface area contributed by atoms with E-state index in [9.17, 15) is 4.79 Å². The third-order valence-electron chi connectivity index (χ3n) is 2.81. The quantitative estimate of drug-likeness (QED) is 0.877. The van der Waals surface area contributed by atoms with Crippen LogP contribution in [0.25, 0.3) is 0 Å². The largest absolute Gasteiger partial charge is 0.349 e.